The summed E-state index contributed by atoms with van der Waals surface area (Å²) < 4.78 is 1.42. The van der Waals surface area contributed by atoms with Crippen LogP contribution in [-0.4, -0.2) is 54.3 Å². The van der Waals surface area contributed by atoms with Crippen LogP contribution in [0, 0.1) is 22.7 Å². The number of likely N-dealkylation sites (tertiary alicyclic amines) is 1. The first kappa shape index (κ1) is 22.7. The molecule has 3 heterocycles. The van der Waals surface area contributed by atoms with Gasteiger partial charge in [-0.3, -0.25) is 0 Å². The fraction of sp³-hybridized carbons (Fsp3) is 0.391. The van der Waals surface area contributed by atoms with E-state index in [9.17, 15) is 20.4 Å². The van der Waals surface area contributed by atoms with Crippen LogP contribution in [0.3, 0.4) is 0 Å². The van der Waals surface area contributed by atoms with Crippen molar-refractivity contribution in [1.29, 1.82) is 10.5 Å². The first-order valence-corrected chi connectivity index (χ1v) is 11.7. The van der Waals surface area contributed by atoms with Gasteiger partial charge in [-0.25, -0.2) is 9.78 Å². The van der Waals surface area contributed by atoms with E-state index in [1.807, 2.05) is 6.92 Å². The number of piperidine rings is 1. The number of fused-ring (bicyclic) bond motifs is 1. The van der Waals surface area contributed by atoms with Crippen LogP contribution in [0.25, 0.3) is 5.65 Å². The second-order valence-electron chi connectivity index (χ2n) is 8.90. The van der Waals surface area contributed by atoms with Crippen LogP contribution in [0.2, 0.25) is 5.02 Å². The third-order valence-electron chi connectivity index (χ3n) is 6.43. The van der Waals surface area contributed by atoms with Gasteiger partial charge in [0.1, 0.15) is 6.07 Å². The van der Waals surface area contributed by atoms with Crippen LogP contribution in [0.15, 0.2) is 18.3 Å². The average Bonchev–Trinajstić information content (AvgIpc) is 3.56. The largest absolute Gasteiger partial charge is 0.465 e. The number of nitriles is 2. The Morgan fingerprint density at radius 2 is 2.06 bits per heavy atom. The zero-order valence-corrected chi connectivity index (χ0v) is 19.6. The highest BCUT2D eigenvalue weighted by Gasteiger charge is 2.31. The molecule has 5 rings (SSSR count). The standard InChI is InChI=1S/C23H22ClN9O2/c1-12-6-14(4-5-32(12)23(34)35)17-7-13(9-25)8-18(19(17)24)29-22-30-20(28-15-2-3-15)21-27-11-16(10-26)33(21)31-22/h7-8,11-12,14-15H,2-6H2,1H3,(H,34,35)(H2,28,29,30,31). The lowest BCUT2D eigenvalue weighted by Gasteiger charge is -2.36. The Labute approximate surface area is 206 Å². The van der Waals surface area contributed by atoms with Crippen LogP contribution in [0.1, 0.15) is 55.3 Å². The molecule has 1 aliphatic carbocycles. The molecule has 1 saturated heterocycles. The molecule has 11 nitrogen and oxygen atoms in total. The van der Waals surface area contributed by atoms with E-state index in [2.05, 4.69) is 37.8 Å². The fourth-order valence-electron chi connectivity index (χ4n) is 4.49. The van der Waals surface area contributed by atoms with Crippen molar-refractivity contribution in [3.63, 3.8) is 0 Å². The summed E-state index contributed by atoms with van der Waals surface area (Å²) in [5.74, 6) is 0.706. The van der Waals surface area contributed by atoms with Gasteiger partial charge in [0.15, 0.2) is 17.2 Å². The van der Waals surface area contributed by atoms with Crippen molar-refractivity contribution in [2.45, 2.75) is 50.6 Å². The van der Waals surface area contributed by atoms with E-state index >= 15 is 0 Å². The molecule has 35 heavy (non-hydrogen) atoms. The van der Waals surface area contributed by atoms with E-state index in [0.29, 0.717) is 53.2 Å². The van der Waals surface area contributed by atoms with Gasteiger partial charge in [-0.2, -0.15) is 20.0 Å². The Balaban J connectivity index is 1.51. The van der Waals surface area contributed by atoms with Crippen LogP contribution >= 0.6 is 11.6 Å². The number of hydrogen-bond donors (Lipinski definition) is 3. The highest BCUT2D eigenvalue weighted by atomic mass is 35.5. The Bertz CT molecular complexity index is 1400. The first-order chi connectivity index (χ1) is 16.9. The molecule has 1 aromatic carbocycles. The number of nitrogens with zero attached hydrogens (tertiary/aromatic N) is 7. The lowest BCUT2D eigenvalue weighted by molar-refractivity contribution is 0.107. The molecule has 2 aromatic heterocycles. The van der Waals surface area contributed by atoms with Crippen molar-refractivity contribution < 1.29 is 9.90 Å². The predicted molar refractivity (Wildman–Crippen MR) is 128 cm³/mol. The minimum Gasteiger partial charge on any atom is -0.465 e. The smallest absolute Gasteiger partial charge is 0.407 e. The quantitative estimate of drug-likeness (QED) is 0.478. The summed E-state index contributed by atoms with van der Waals surface area (Å²) in [6.45, 7) is 2.27. The van der Waals surface area contributed by atoms with Gasteiger partial charge < -0.3 is 20.6 Å². The van der Waals surface area contributed by atoms with Crippen LogP contribution in [0.5, 0.6) is 0 Å². The minimum absolute atomic E-state index is 0.00344. The number of imidazole rings is 1. The molecule has 2 unspecified atom stereocenters. The van der Waals surface area contributed by atoms with Crippen molar-refractivity contribution in [3.8, 4) is 12.1 Å². The summed E-state index contributed by atoms with van der Waals surface area (Å²) in [5.41, 5.74) is 2.38. The number of nitrogens with one attached hydrogen (secondary N) is 2. The summed E-state index contributed by atoms with van der Waals surface area (Å²) in [4.78, 5) is 21.7. The van der Waals surface area contributed by atoms with Crippen LogP contribution in [0.4, 0.5) is 22.2 Å². The molecule has 2 atom stereocenters. The van der Waals surface area contributed by atoms with E-state index < -0.39 is 6.09 Å². The average molecular weight is 492 g/mol. The van der Waals surface area contributed by atoms with Crippen molar-refractivity contribution in [3.05, 3.63) is 40.2 Å². The number of carbonyl (C=O) groups is 1. The number of aromatic nitrogens is 4. The Morgan fingerprint density at radius 3 is 2.71 bits per heavy atom. The summed E-state index contributed by atoms with van der Waals surface area (Å²) in [6, 6.07) is 7.77. The lowest BCUT2D eigenvalue weighted by atomic mass is 9.85. The zero-order valence-electron chi connectivity index (χ0n) is 18.9. The maximum Gasteiger partial charge on any atom is 0.407 e. The minimum atomic E-state index is -0.936. The molecule has 1 aliphatic heterocycles. The summed E-state index contributed by atoms with van der Waals surface area (Å²) in [6.07, 6.45) is 3.77. The van der Waals surface area contributed by atoms with Gasteiger partial charge in [0.25, 0.3) is 0 Å². The lowest BCUT2D eigenvalue weighted by Crippen LogP contribution is -2.43. The normalized spacial score (nSPS) is 19.7. The molecule has 178 valence electrons. The maximum absolute atomic E-state index is 11.5. The number of anilines is 3. The van der Waals surface area contributed by atoms with E-state index in [1.165, 1.54) is 15.6 Å². The van der Waals surface area contributed by atoms with Gasteiger partial charge in [-0.15, -0.1) is 5.10 Å². The maximum atomic E-state index is 11.5. The predicted octanol–water partition coefficient (Wildman–Crippen LogP) is 4.08. The Kier molecular flexibility index (Phi) is 5.79. The number of rotatable bonds is 5. The Morgan fingerprint density at radius 1 is 1.26 bits per heavy atom. The summed E-state index contributed by atoms with van der Waals surface area (Å²) in [5, 5.41) is 39.8. The molecule has 1 amide bonds. The highest BCUT2D eigenvalue weighted by molar-refractivity contribution is 6.34. The molecular weight excluding hydrogens is 470 g/mol. The zero-order chi connectivity index (χ0) is 24.7. The van der Waals surface area contributed by atoms with Crippen molar-refractivity contribution >= 4 is 40.8 Å². The van der Waals surface area contributed by atoms with Crippen molar-refractivity contribution in [1.82, 2.24) is 24.5 Å². The van der Waals surface area contributed by atoms with Gasteiger partial charge in [0.05, 0.1) is 28.5 Å². The molecule has 12 heteroatoms. The number of benzene rings is 1. The summed E-state index contributed by atoms with van der Waals surface area (Å²) >= 11 is 6.81. The molecule has 3 aromatic rings. The van der Waals surface area contributed by atoms with Gasteiger partial charge in [-0.05, 0) is 56.2 Å². The second kappa shape index (κ2) is 8.93. The van der Waals surface area contributed by atoms with E-state index in [-0.39, 0.29) is 23.6 Å². The third-order valence-corrected chi connectivity index (χ3v) is 6.85. The van der Waals surface area contributed by atoms with Crippen molar-refractivity contribution in [2.24, 2.45) is 0 Å². The number of hydrogen-bond acceptors (Lipinski definition) is 8. The molecule has 3 N–H and O–H groups in total. The monoisotopic (exact) mass is 491 g/mol. The van der Waals surface area contributed by atoms with Gasteiger partial charge in [0, 0.05) is 18.6 Å². The van der Waals surface area contributed by atoms with E-state index in [4.69, 9.17) is 11.6 Å². The van der Waals surface area contributed by atoms with Crippen LogP contribution in [-0.2, 0) is 0 Å². The molecule has 1 saturated carbocycles. The number of halogens is 1. The van der Waals surface area contributed by atoms with Crippen molar-refractivity contribution in [2.75, 3.05) is 17.2 Å². The second-order valence-corrected chi connectivity index (χ2v) is 9.28. The molecule has 2 aliphatic rings. The van der Waals surface area contributed by atoms with E-state index in [1.54, 1.807) is 12.1 Å². The molecule has 0 bridgehead atoms. The van der Waals surface area contributed by atoms with Crippen LogP contribution < -0.4 is 10.6 Å². The summed E-state index contributed by atoms with van der Waals surface area (Å²) in [7, 11) is 0. The number of amides is 1. The molecule has 2 fully saturated rings. The number of carboxylic acid groups (broad SMARTS) is 1. The topological polar surface area (TPSA) is 155 Å². The van der Waals surface area contributed by atoms with Gasteiger partial charge >= 0.3 is 6.09 Å². The van der Waals surface area contributed by atoms with E-state index in [0.717, 1.165) is 18.4 Å². The SMILES string of the molecule is CC1CC(c2cc(C#N)cc(Nc3nc(NC4CC4)c4ncc(C#N)n4n3)c2Cl)CCN1C(=O)O. The van der Waals surface area contributed by atoms with Gasteiger partial charge in [-0.1, -0.05) is 11.6 Å². The van der Waals surface area contributed by atoms with Gasteiger partial charge in [0.2, 0.25) is 5.95 Å². The molecule has 0 radical (unpaired) electrons. The highest BCUT2D eigenvalue weighted by Crippen LogP contribution is 2.40. The first-order valence-electron chi connectivity index (χ1n) is 11.3. The Hall–Kier alpha value is -4.09. The fourth-order valence-corrected chi connectivity index (χ4v) is 4.80. The molecular formula is C23H22ClN9O2. The third kappa shape index (κ3) is 4.38. The molecule has 0 spiro atoms.